The Labute approximate surface area is 140 Å². The quantitative estimate of drug-likeness (QED) is 0.612. The molecule has 2 aromatic rings. The molecule has 0 radical (unpaired) electrons. The van der Waals surface area contributed by atoms with Crippen molar-refractivity contribution in [3.8, 4) is 0 Å². The summed E-state index contributed by atoms with van der Waals surface area (Å²) >= 11 is 16.0. The number of aromatic nitrogens is 1. The van der Waals surface area contributed by atoms with Crippen molar-refractivity contribution in [3.05, 3.63) is 54.3 Å². The Morgan fingerprint density at radius 1 is 1.16 bits per heavy atom. The lowest BCUT2D eigenvalue weighted by Gasteiger charge is -2.11. The Kier molecular flexibility index (Phi) is 5.22. The van der Waals surface area contributed by atoms with Crippen LogP contribution in [0.4, 0.5) is 10.1 Å². The van der Waals surface area contributed by atoms with Gasteiger partial charge in [-0.1, -0.05) is 11.6 Å². The van der Waals surface area contributed by atoms with E-state index in [9.17, 15) is 4.39 Å². The van der Waals surface area contributed by atoms with Gasteiger partial charge in [-0.2, -0.15) is 0 Å². The number of hydrogen-bond donors (Lipinski definition) is 1. The third-order valence-corrected chi connectivity index (χ3v) is 4.37. The van der Waals surface area contributed by atoms with Crippen LogP contribution in [0.15, 0.2) is 37.8 Å². The molecule has 1 heterocycles. The minimum atomic E-state index is -0.384. The molecule has 2 rings (SSSR count). The molecule has 0 aliphatic heterocycles. The third-order valence-electron chi connectivity index (χ3n) is 2.32. The van der Waals surface area contributed by atoms with Crippen molar-refractivity contribution in [2.24, 2.45) is 0 Å². The van der Waals surface area contributed by atoms with E-state index < -0.39 is 0 Å². The fourth-order valence-electron chi connectivity index (χ4n) is 1.46. The third kappa shape index (κ3) is 3.90. The van der Waals surface area contributed by atoms with Gasteiger partial charge in [0.05, 0.1) is 22.9 Å². The fraction of sp³-hybridized carbons (Fsp3) is 0.0833. The molecule has 19 heavy (non-hydrogen) atoms. The van der Waals surface area contributed by atoms with E-state index in [2.05, 4.69) is 58.1 Å². The number of anilines is 1. The largest absolute Gasteiger partial charge is 0.377 e. The van der Waals surface area contributed by atoms with Crippen molar-refractivity contribution >= 4 is 65.1 Å². The molecule has 100 valence electrons. The first-order chi connectivity index (χ1) is 8.97. The highest BCUT2D eigenvalue weighted by atomic mass is 79.9. The lowest BCUT2D eigenvalue weighted by molar-refractivity contribution is 0.627. The van der Waals surface area contributed by atoms with Crippen LogP contribution in [-0.4, -0.2) is 4.98 Å². The minimum Gasteiger partial charge on any atom is -0.377 e. The summed E-state index contributed by atoms with van der Waals surface area (Å²) in [5, 5.41) is 3.45. The zero-order valence-electron chi connectivity index (χ0n) is 9.35. The Bertz CT molecular complexity index is 599. The van der Waals surface area contributed by atoms with Crippen LogP contribution in [0.25, 0.3) is 0 Å². The highest BCUT2D eigenvalue weighted by molar-refractivity contribution is 9.11. The zero-order chi connectivity index (χ0) is 14.0. The van der Waals surface area contributed by atoms with E-state index in [0.29, 0.717) is 21.7 Å². The van der Waals surface area contributed by atoms with Crippen LogP contribution in [-0.2, 0) is 6.54 Å². The topological polar surface area (TPSA) is 24.9 Å². The maximum Gasteiger partial charge on any atom is 0.125 e. The van der Waals surface area contributed by atoms with E-state index in [-0.39, 0.29) is 5.82 Å². The summed E-state index contributed by atoms with van der Waals surface area (Å²) in [7, 11) is 0. The molecule has 0 fully saturated rings. The highest BCUT2D eigenvalue weighted by Crippen LogP contribution is 2.32. The molecule has 0 atom stereocenters. The standard InChI is InChI=1S/C12H7Br3ClFN2/c13-6-1-8(14)11(18-4-6)5-19-12-9(15)2-7(17)3-10(12)16/h1-4,19H,5H2. The summed E-state index contributed by atoms with van der Waals surface area (Å²) < 4.78 is 15.5. The van der Waals surface area contributed by atoms with Gasteiger partial charge in [-0.05, 0) is 66.0 Å². The number of pyridine rings is 1. The van der Waals surface area contributed by atoms with Gasteiger partial charge < -0.3 is 5.32 Å². The van der Waals surface area contributed by atoms with Crippen molar-refractivity contribution in [1.29, 1.82) is 0 Å². The smallest absolute Gasteiger partial charge is 0.125 e. The van der Waals surface area contributed by atoms with Crippen LogP contribution in [0, 0.1) is 5.82 Å². The van der Waals surface area contributed by atoms with Crippen LogP contribution in [0.3, 0.4) is 0 Å². The molecule has 0 aliphatic carbocycles. The zero-order valence-corrected chi connectivity index (χ0v) is 14.9. The summed E-state index contributed by atoms with van der Waals surface area (Å²) in [6, 6.07) is 4.53. The number of nitrogens with one attached hydrogen (secondary N) is 1. The van der Waals surface area contributed by atoms with Crippen LogP contribution >= 0.6 is 59.4 Å². The Morgan fingerprint density at radius 3 is 2.53 bits per heavy atom. The number of hydrogen-bond acceptors (Lipinski definition) is 2. The number of nitrogens with zero attached hydrogens (tertiary/aromatic N) is 1. The normalized spacial score (nSPS) is 10.6. The minimum absolute atomic E-state index is 0.320. The maximum absolute atomic E-state index is 13.1. The van der Waals surface area contributed by atoms with Crippen molar-refractivity contribution in [1.82, 2.24) is 4.98 Å². The van der Waals surface area contributed by atoms with E-state index in [0.717, 1.165) is 14.6 Å². The van der Waals surface area contributed by atoms with Crippen molar-refractivity contribution < 1.29 is 4.39 Å². The molecule has 1 aromatic heterocycles. The highest BCUT2D eigenvalue weighted by Gasteiger charge is 2.09. The number of rotatable bonds is 3. The van der Waals surface area contributed by atoms with E-state index >= 15 is 0 Å². The summed E-state index contributed by atoms with van der Waals surface area (Å²) in [4.78, 5) is 4.28. The van der Waals surface area contributed by atoms with Gasteiger partial charge in [-0.3, -0.25) is 4.98 Å². The molecular formula is C12H7Br3ClFN2. The van der Waals surface area contributed by atoms with Crippen molar-refractivity contribution in [2.75, 3.05) is 5.32 Å². The monoisotopic (exact) mass is 470 g/mol. The van der Waals surface area contributed by atoms with Crippen LogP contribution in [0.2, 0.25) is 5.02 Å². The van der Waals surface area contributed by atoms with Gasteiger partial charge in [0.25, 0.3) is 0 Å². The van der Waals surface area contributed by atoms with Crippen LogP contribution in [0.1, 0.15) is 5.69 Å². The lowest BCUT2D eigenvalue weighted by atomic mass is 10.3. The molecule has 1 N–H and O–H groups in total. The molecule has 2 nitrogen and oxygen atoms in total. The Morgan fingerprint density at radius 2 is 1.89 bits per heavy atom. The van der Waals surface area contributed by atoms with Gasteiger partial charge in [-0.25, -0.2) is 4.39 Å². The number of benzene rings is 1. The second-order valence-electron chi connectivity index (χ2n) is 3.68. The van der Waals surface area contributed by atoms with Gasteiger partial charge in [0, 0.05) is 19.6 Å². The van der Waals surface area contributed by atoms with Gasteiger partial charge in [0.15, 0.2) is 0 Å². The molecular weight excluding hydrogens is 466 g/mol. The molecule has 0 saturated carbocycles. The SMILES string of the molecule is Fc1cc(Cl)c(NCc2ncc(Br)cc2Br)c(Br)c1. The van der Waals surface area contributed by atoms with Crippen LogP contribution in [0.5, 0.6) is 0 Å². The Balaban J connectivity index is 2.19. The summed E-state index contributed by atoms with van der Waals surface area (Å²) in [5.41, 5.74) is 1.47. The van der Waals surface area contributed by atoms with E-state index in [1.54, 1.807) is 6.20 Å². The van der Waals surface area contributed by atoms with Gasteiger partial charge in [0.2, 0.25) is 0 Å². The molecule has 0 unspecified atom stereocenters. The predicted molar refractivity (Wildman–Crippen MR) is 86.1 cm³/mol. The van der Waals surface area contributed by atoms with Crippen molar-refractivity contribution in [2.45, 2.75) is 6.54 Å². The summed E-state index contributed by atoms with van der Waals surface area (Å²) in [6.45, 7) is 0.470. The first-order valence-electron chi connectivity index (χ1n) is 5.15. The van der Waals surface area contributed by atoms with E-state index in [4.69, 9.17) is 11.6 Å². The lowest BCUT2D eigenvalue weighted by Crippen LogP contribution is -2.04. The molecule has 0 spiro atoms. The Hall–Kier alpha value is -0.170. The first kappa shape index (κ1) is 15.2. The molecule has 1 aromatic carbocycles. The fourth-order valence-corrected chi connectivity index (χ4v) is 3.54. The molecule has 0 saturated heterocycles. The molecule has 0 amide bonds. The van der Waals surface area contributed by atoms with E-state index in [1.165, 1.54) is 12.1 Å². The second kappa shape index (κ2) is 6.52. The maximum atomic E-state index is 13.1. The predicted octanol–water partition coefficient (Wildman–Crippen LogP) is 5.77. The van der Waals surface area contributed by atoms with Gasteiger partial charge >= 0.3 is 0 Å². The van der Waals surface area contributed by atoms with E-state index in [1.807, 2.05) is 6.07 Å². The first-order valence-corrected chi connectivity index (χ1v) is 7.91. The van der Waals surface area contributed by atoms with Crippen LogP contribution < -0.4 is 5.32 Å². The second-order valence-corrected chi connectivity index (χ2v) is 6.71. The van der Waals surface area contributed by atoms with Crippen molar-refractivity contribution in [3.63, 3.8) is 0 Å². The average Bonchev–Trinajstić information content (AvgIpc) is 2.30. The average molecular weight is 473 g/mol. The molecule has 7 heteroatoms. The summed E-state index contributed by atoms with van der Waals surface area (Å²) in [6.07, 6.45) is 1.71. The summed E-state index contributed by atoms with van der Waals surface area (Å²) in [5.74, 6) is -0.384. The molecule has 0 bridgehead atoms. The molecule has 0 aliphatic rings. The number of halogens is 5. The van der Waals surface area contributed by atoms with Gasteiger partial charge in [0.1, 0.15) is 5.82 Å². The van der Waals surface area contributed by atoms with Gasteiger partial charge in [-0.15, -0.1) is 0 Å².